The van der Waals surface area contributed by atoms with E-state index in [4.69, 9.17) is 73.3 Å². The molecule has 0 spiro atoms. The van der Waals surface area contributed by atoms with Crippen LogP contribution in [-0.4, -0.2) is 11.8 Å². The maximum Gasteiger partial charge on any atom is 0.365 e. The maximum absolute atomic E-state index is 12.4. The first-order chi connectivity index (χ1) is 14.7. The minimum atomic E-state index is -0.711. The summed E-state index contributed by atoms with van der Waals surface area (Å²) in [6.45, 7) is 0.105. The third-order valence-electron chi connectivity index (χ3n) is 3.94. The van der Waals surface area contributed by atoms with E-state index in [0.717, 1.165) is 0 Å². The summed E-state index contributed by atoms with van der Waals surface area (Å²) in [5.74, 6) is -0.489. The van der Waals surface area contributed by atoms with Crippen molar-refractivity contribution in [2.75, 3.05) is 0 Å². The molecule has 10 heteroatoms. The van der Waals surface area contributed by atoms with Crippen molar-refractivity contribution < 1.29 is 14.4 Å². The van der Waals surface area contributed by atoms with Gasteiger partial charge in [0.25, 0.3) is 0 Å². The van der Waals surface area contributed by atoms with E-state index in [-0.39, 0.29) is 38.8 Å². The van der Waals surface area contributed by atoms with E-state index in [2.05, 4.69) is 5.16 Å². The van der Waals surface area contributed by atoms with Crippen LogP contribution in [0.1, 0.15) is 21.5 Å². The van der Waals surface area contributed by atoms with Gasteiger partial charge in [0.05, 0.1) is 20.6 Å². The van der Waals surface area contributed by atoms with Gasteiger partial charge in [0.1, 0.15) is 6.61 Å². The van der Waals surface area contributed by atoms with Crippen LogP contribution in [0, 0.1) is 0 Å². The topological polar surface area (TPSA) is 73.9 Å². The fourth-order valence-corrected chi connectivity index (χ4v) is 3.93. The number of hydrogen-bond acceptors (Lipinski definition) is 4. The van der Waals surface area contributed by atoms with E-state index in [9.17, 15) is 4.79 Å². The average Bonchev–Trinajstić information content (AvgIpc) is 2.71. The van der Waals surface area contributed by atoms with Crippen LogP contribution in [0.3, 0.4) is 0 Å². The van der Waals surface area contributed by atoms with Crippen molar-refractivity contribution in [2.24, 2.45) is 10.9 Å². The van der Waals surface area contributed by atoms with Crippen LogP contribution in [0.5, 0.6) is 5.75 Å². The van der Waals surface area contributed by atoms with Gasteiger partial charge in [-0.3, -0.25) is 0 Å². The Hall–Kier alpha value is -2.15. The van der Waals surface area contributed by atoms with Crippen molar-refractivity contribution in [1.82, 2.24) is 0 Å². The standard InChI is InChI=1S/C21H13Cl5N2O3/c22-13-4-5-15(16(24)7-13)20(27)28-31-21(29)12-3-1-2-11(6-12)10-30-19-17(25)8-14(23)9-18(19)26/h1-9H,10H2,(H2,27,28). The third-order valence-corrected chi connectivity index (χ3v) is 5.27. The molecule has 3 rings (SSSR count). The molecule has 0 unspecified atom stereocenters. The second-order valence-electron chi connectivity index (χ2n) is 6.17. The minimum Gasteiger partial charge on any atom is -0.486 e. The molecule has 5 nitrogen and oxygen atoms in total. The minimum absolute atomic E-state index is 0.0680. The summed E-state index contributed by atoms with van der Waals surface area (Å²) in [5.41, 5.74) is 7.15. The van der Waals surface area contributed by atoms with Gasteiger partial charge in [0.15, 0.2) is 11.6 Å². The first-order valence-electron chi connectivity index (χ1n) is 8.61. The monoisotopic (exact) mass is 516 g/mol. The normalized spacial score (nSPS) is 11.3. The van der Waals surface area contributed by atoms with Gasteiger partial charge in [-0.05, 0) is 48.0 Å². The molecule has 0 bridgehead atoms. The molecule has 3 aromatic rings. The molecule has 2 N–H and O–H groups in total. The van der Waals surface area contributed by atoms with E-state index in [0.29, 0.717) is 21.2 Å². The summed E-state index contributed by atoms with van der Waals surface area (Å²) in [4.78, 5) is 17.3. The van der Waals surface area contributed by atoms with Crippen molar-refractivity contribution in [3.63, 3.8) is 0 Å². The number of ether oxygens (including phenoxy) is 1. The number of rotatable bonds is 6. The summed E-state index contributed by atoms with van der Waals surface area (Å²) in [5, 5.41) is 5.33. The number of halogens is 5. The molecule has 0 saturated heterocycles. The highest BCUT2D eigenvalue weighted by Gasteiger charge is 2.13. The lowest BCUT2D eigenvalue weighted by atomic mass is 10.1. The summed E-state index contributed by atoms with van der Waals surface area (Å²) in [7, 11) is 0. The van der Waals surface area contributed by atoms with E-state index in [1.807, 2.05) is 0 Å². The summed E-state index contributed by atoms with van der Waals surface area (Å²) in [6.07, 6.45) is 0. The zero-order valence-corrected chi connectivity index (χ0v) is 19.3. The van der Waals surface area contributed by atoms with Gasteiger partial charge in [-0.1, -0.05) is 75.3 Å². The molecule has 3 aromatic carbocycles. The van der Waals surface area contributed by atoms with Crippen molar-refractivity contribution >= 4 is 69.8 Å². The quantitative estimate of drug-likeness (QED) is 0.165. The highest BCUT2D eigenvalue weighted by molar-refractivity contribution is 6.40. The third kappa shape index (κ3) is 6.19. The fraction of sp³-hybridized carbons (Fsp3) is 0.0476. The van der Waals surface area contributed by atoms with E-state index in [1.54, 1.807) is 36.4 Å². The Bertz CT molecular complexity index is 1140. The van der Waals surface area contributed by atoms with Crippen LogP contribution in [0.25, 0.3) is 0 Å². The van der Waals surface area contributed by atoms with Crippen molar-refractivity contribution in [3.05, 3.63) is 96.4 Å². The SMILES string of the molecule is N/C(=N\OC(=O)c1cccc(COc2c(Cl)cc(Cl)cc2Cl)c1)c1ccc(Cl)cc1Cl. The predicted octanol–water partition coefficient (Wildman–Crippen LogP) is 7.01. The van der Waals surface area contributed by atoms with Crippen molar-refractivity contribution in [2.45, 2.75) is 6.61 Å². The molecule has 0 radical (unpaired) electrons. The Kier molecular flexibility index (Phi) is 7.92. The Labute approximate surface area is 203 Å². The molecule has 0 aliphatic rings. The highest BCUT2D eigenvalue weighted by atomic mass is 35.5. The van der Waals surface area contributed by atoms with Gasteiger partial charge >= 0.3 is 5.97 Å². The number of benzene rings is 3. The van der Waals surface area contributed by atoms with Crippen LogP contribution in [0.15, 0.2) is 59.8 Å². The number of carbonyl (C=O) groups is 1. The molecule has 31 heavy (non-hydrogen) atoms. The Morgan fingerprint density at radius 2 is 1.55 bits per heavy atom. The molecule has 0 aliphatic carbocycles. The number of nitrogens with zero attached hydrogens (tertiary/aromatic N) is 1. The molecule has 0 amide bonds. The van der Waals surface area contributed by atoms with Gasteiger partial charge in [-0.15, -0.1) is 0 Å². The van der Waals surface area contributed by atoms with E-state index in [1.165, 1.54) is 18.2 Å². The lowest BCUT2D eigenvalue weighted by Gasteiger charge is -2.11. The zero-order valence-electron chi connectivity index (χ0n) is 15.5. The molecule has 160 valence electrons. The van der Waals surface area contributed by atoms with Crippen LogP contribution >= 0.6 is 58.0 Å². The molecule has 0 saturated carbocycles. The van der Waals surface area contributed by atoms with Gasteiger partial charge in [-0.2, -0.15) is 0 Å². The molecule has 0 aromatic heterocycles. The first kappa shape index (κ1) is 23.5. The van der Waals surface area contributed by atoms with Crippen LogP contribution in [0.2, 0.25) is 25.1 Å². The van der Waals surface area contributed by atoms with Crippen molar-refractivity contribution in [3.8, 4) is 5.75 Å². The second-order valence-corrected chi connectivity index (χ2v) is 8.26. The van der Waals surface area contributed by atoms with Crippen LogP contribution in [0.4, 0.5) is 0 Å². The molecule has 0 atom stereocenters. The summed E-state index contributed by atoms with van der Waals surface area (Å²) < 4.78 is 5.67. The number of amidine groups is 1. The fourth-order valence-electron chi connectivity index (χ4n) is 2.50. The van der Waals surface area contributed by atoms with Gasteiger partial charge in [-0.25, -0.2) is 4.79 Å². The molecule has 0 heterocycles. The molecular formula is C21H13Cl5N2O3. The average molecular weight is 519 g/mol. The number of hydrogen-bond donors (Lipinski definition) is 1. The predicted molar refractivity (Wildman–Crippen MR) is 125 cm³/mol. The lowest BCUT2D eigenvalue weighted by Crippen LogP contribution is -2.16. The van der Waals surface area contributed by atoms with Gasteiger partial charge in [0, 0.05) is 15.6 Å². The zero-order chi connectivity index (χ0) is 22.5. The van der Waals surface area contributed by atoms with Crippen molar-refractivity contribution in [1.29, 1.82) is 0 Å². The number of carbonyl (C=O) groups excluding carboxylic acids is 1. The highest BCUT2D eigenvalue weighted by Crippen LogP contribution is 2.36. The summed E-state index contributed by atoms with van der Waals surface area (Å²) in [6, 6.07) is 14.3. The smallest absolute Gasteiger partial charge is 0.365 e. The lowest BCUT2D eigenvalue weighted by molar-refractivity contribution is 0.0516. The Morgan fingerprint density at radius 1 is 0.871 bits per heavy atom. The van der Waals surface area contributed by atoms with Crippen LogP contribution in [-0.2, 0) is 11.4 Å². The Balaban J connectivity index is 1.69. The van der Waals surface area contributed by atoms with E-state index >= 15 is 0 Å². The van der Waals surface area contributed by atoms with Crippen LogP contribution < -0.4 is 10.5 Å². The largest absolute Gasteiger partial charge is 0.486 e. The maximum atomic E-state index is 12.4. The second kappa shape index (κ2) is 10.4. The Morgan fingerprint density at radius 3 is 2.23 bits per heavy atom. The first-order valence-corrected chi connectivity index (χ1v) is 10.5. The summed E-state index contributed by atoms with van der Waals surface area (Å²) >= 11 is 30.0. The number of oxime groups is 1. The number of nitrogens with two attached hydrogens (primary N) is 1. The molecular weight excluding hydrogens is 506 g/mol. The molecule has 0 aliphatic heterocycles. The van der Waals surface area contributed by atoms with E-state index < -0.39 is 5.97 Å². The molecule has 0 fully saturated rings. The van der Waals surface area contributed by atoms with Gasteiger partial charge < -0.3 is 15.3 Å². The van der Waals surface area contributed by atoms with Gasteiger partial charge in [0.2, 0.25) is 0 Å².